The quantitative estimate of drug-likeness (QED) is 0.561. The molecule has 3 aromatic rings. The molecule has 0 bridgehead atoms. The van der Waals surface area contributed by atoms with E-state index in [1.165, 1.54) is 0 Å². The average Bonchev–Trinajstić information content (AvgIpc) is 2.86. The van der Waals surface area contributed by atoms with E-state index in [0.29, 0.717) is 28.4 Å². The summed E-state index contributed by atoms with van der Waals surface area (Å²) in [6.07, 6.45) is 0. The average molecular weight is 382 g/mol. The van der Waals surface area contributed by atoms with Crippen LogP contribution in [0.5, 0.6) is 0 Å². The van der Waals surface area contributed by atoms with Gasteiger partial charge in [0, 0.05) is 33.8 Å². The number of ether oxygens (including phenoxy) is 1. The molecular weight excluding hydrogens is 367 g/mol. The molecule has 0 atom stereocenters. The summed E-state index contributed by atoms with van der Waals surface area (Å²) in [5.41, 5.74) is 3.42. The highest BCUT2D eigenvalue weighted by molar-refractivity contribution is 6.36. The van der Waals surface area contributed by atoms with Crippen LogP contribution in [0.3, 0.4) is 0 Å². The van der Waals surface area contributed by atoms with Crippen molar-refractivity contribution in [1.29, 1.82) is 0 Å². The number of aromatic nitrogens is 2. The third-order valence-electron chi connectivity index (χ3n) is 3.67. The lowest BCUT2D eigenvalue weighted by Crippen LogP contribution is -1.97. The van der Waals surface area contributed by atoms with Crippen molar-refractivity contribution in [2.45, 2.75) is 13.2 Å². The highest BCUT2D eigenvalue weighted by Gasteiger charge is 2.16. The third kappa shape index (κ3) is 3.60. The van der Waals surface area contributed by atoms with Gasteiger partial charge < -0.3 is 4.74 Å². The molecule has 0 aliphatic carbocycles. The van der Waals surface area contributed by atoms with Gasteiger partial charge in [0.2, 0.25) is 0 Å². The molecule has 0 aliphatic rings. The van der Waals surface area contributed by atoms with E-state index in [0.717, 1.165) is 22.4 Å². The smallest absolute Gasteiger partial charge is 0.132 e. The molecule has 0 radical (unpaired) electrons. The van der Waals surface area contributed by atoms with Gasteiger partial charge in [-0.15, -0.1) is 0 Å². The zero-order chi connectivity index (χ0) is 17.1. The van der Waals surface area contributed by atoms with Crippen LogP contribution in [0.15, 0.2) is 48.5 Å². The van der Waals surface area contributed by atoms with Crippen LogP contribution in [0.1, 0.15) is 11.1 Å². The molecule has 0 saturated carbocycles. The second-order valence-corrected chi connectivity index (χ2v) is 6.47. The first kappa shape index (κ1) is 17.3. The Morgan fingerprint density at radius 3 is 2.17 bits per heavy atom. The van der Waals surface area contributed by atoms with E-state index < -0.39 is 0 Å². The van der Waals surface area contributed by atoms with Gasteiger partial charge in [-0.2, -0.15) is 5.10 Å². The summed E-state index contributed by atoms with van der Waals surface area (Å²) in [5.74, 6) is 0. The van der Waals surface area contributed by atoms with Gasteiger partial charge >= 0.3 is 0 Å². The molecule has 24 heavy (non-hydrogen) atoms. The molecule has 2 aromatic carbocycles. The first-order chi connectivity index (χ1) is 11.6. The van der Waals surface area contributed by atoms with Crippen molar-refractivity contribution in [1.82, 2.24) is 9.78 Å². The Hall–Kier alpha value is -1.52. The Bertz CT molecular complexity index is 827. The molecule has 6 heteroatoms. The second kappa shape index (κ2) is 7.58. The van der Waals surface area contributed by atoms with Gasteiger partial charge in [-0.1, -0.05) is 71.2 Å². The number of halogens is 3. The number of nitrogens with zero attached hydrogens (tertiary/aromatic N) is 2. The van der Waals surface area contributed by atoms with Crippen LogP contribution < -0.4 is 0 Å². The van der Waals surface area contributed by atoms with Crippen molar-refractivity contribution < 1.29 is 4.74 Å². The van der Waals surface area contributed by atoms with E-state index in [1.807, 2.05) is 37.4 Å². The summed E-state index contributed by atoms with van der Waals surface area (Å²) in [6.45, 7) is 0.621. The summed E-state index contributed by atoms with van der Waals surface area (Å²) in [4.78, 5) is 0. The highest BCUT2D eigenvalue weighted by atomic mass is 35.5. The fraction of sp³-hybridized carbons (Fsp3) is 0.167. The van der Waals surface area contributed by atoms with Crippen LogP contribution in [-0.2, 0) is 25.0 Å². The summed E-state index contributed by atoms with van der Waals surface area (Å²) in [6, 6.07) is 15.3. The molecule has 1 heterocycles. The van der Waals surface area contributed by atoms with Crippen LogP contribution in [-0.4, -0.2) is 9.78 Å². The number of hydrogen-bond donors (Lipinski definition) is 0. The Morgan fingerprint density at radius 1 is 0.875 bits per heavy atom. The largest absolute Gasteiger partial charge is 0.372 e. The Kier molecular flexibility index (Phi) is 5.47. The monoisotopic (exact) mass is 380 g/mol. The lowest BCUT2D eigenvalue weighted by Gasteiger charge is -2.09. The molecule has 0 unspecified atom stereocenters. The third-order valence-corrected chi connectivity index (χ3v) is 4.85. The molecule has 124 valence electrons. The molecule has 0 saturated heterocycles. The fourth-order valence-electron chi connectivity index (χ4n) is 2.43. The van der Waals surface area contributed by atoms with Gasteiger partial charge in [0.15, 0.2) is 0 Å². The number of benzene rings is 2. The number of rotatable bonds is 5. The SMILES string of the molecule is Cn1nc(-c2ccccc2)c(COCc2c(Cl)cccc2Cl)c1Cl. The number of aryl methyl sites for hydroxylation is 1. The fourth-order valence-corrected chi connectivity index (χ4v) is 3.12. The Labute approximate surface area is 155 Å². The van der Waals surface area contributed by atoms with Gasteiger partial charge in [-0.25, -0.2) is 0 Å². The van der Waals surface area contributed by atoms with Gasteiger partial charge in [-0.05, 0) is 12.1 Å². The molecule has 3 nitrogen and oxygen atoms in total. The molecule has 1 aromatic heterocycles. The predicted octanol–water partition coefficient (Wildman–Crippen LogP) is 5.76. The molecular formula is C18H15Cl3N2O. The van der Waals surface area contributed by atoms with Crippen molar-refractivity contribution in [3.63, 3.8) is 0 Å². The van der Waals surface area contributed by atoms with E-state index in [2.05, 4.69) is 5.10 Å². The van der Waals surface area contributed by atoms with Gasteiger partial charge in [-0.3, -0.25) is 4.68 Å². The van der Waals surface area contributed by atoms with E-state index in [1.54, 1.807) is 22.9 Å². The minimum atomic E-state index is 0.304. The zero-order valence-corrected chi connectivity index (χ0v) is 15.2. The maximum atomic E-state index is 6.38. The van der Waals surface area contributed by atoms with Crippen LogP contribution in [0.4, 0.5) is 0 Å². The Balaban J connectivity index is 1.81. The van der Waals surface area contributed by atoms with Crippen LogP contribution in [0, 0.1) is 0 Å². The van der Waals surface area contributed by atoms with Crippen molar-refractivity contribution in [2.24, 2.45) is 7.05 Å². The van der Waals surface area contributed by atoms with Gasteiger partial charge in [0.05, 0.1) is 18.9 Å². The van der Waals surface area contributed by atoms with Crippen LogP contribution >= 0.6 is 34.8 Å². The predicted molar refractivity (Wildman–Crippen MR) is 98.6 cm³/mol. The van der Waals surface area contributed by atoms with E-state index in [-0.39, 0.29) is 0 Å². The van der Waals surface area contributed by atoms with Crippen molar-refractivity contribution in [3.8, 4) is 11.3 Å². The molecule has 3 rings (SSSR count). The molecule has 0 amide bonds. The first-order valence-electron chi connectivity index (χ1n) is 7.35. The second-order valence-electron chi connectivity index (χ2n) is 5.30. The maximum Gasteiger partial charge on any atom is 0.132 e. The van der Waals surface area contributed by atoms with Crippen molar-refractivity contribution in [2.75, 3.05) is 0 Å². The van der Waals surface area contributed by atoms with Crippen molar-refractivity contribution in [3.05, 3.63) is 74.9 Å². The topological polar surface area (TPSA) is 27.1 Å². The lowest BCUT2D eigenvalue weighted by molar-refractivity contribution is 0.107. The van der Waals surface area contributed by atoms with Crippen LogP contribution in [0.2, 0.25) is 15.2 Å². The Morgan fingerprint density at radius 2 is 1.50 bits per heavy atom. The first-order valence-corrected chi connectivity index (χ1v) is 8.48. The normalized spacial score (nSPS) is 11.0. The lowest BCUT2D eigenvalue weighted by atomic mass is 10.1. The molecule has 0 fully saturated rings. The molecule has 0 spiro atoms. The minimum Gasteiger partial charge on any atom is -0.372 e. The maximum absolute atomic E-state index is 6.38. The summed E-state index contributed by atoms with van der Waals surface area (Å²) in [5, 5.41) is 6.22. The van der Waals surface area contributed by atoms with Crippen LogP contribution in [0.25, 0.3) is 11.3 Å². The summed E-state index contributed by atoms with van der Waals surface area (Å²) >= 11 is 18.7. The van der Waals surface area contributed by atoms with Gasteiger partial charge in [0.1, 0.15) is 5.15 Å². The molecule has 0 aliphatic heterocycles. The summed E-state index contributed by atoms with van der Waals surface area (Å²) < 4.78 is 7.46. The standard InChI is InChI=1S/C18H15Cl3N2O/c1-23-18(21)14(17(22-23)12-6-3-2-4-7-12)11-24-10-13-15(19)8-5-9-16(13)20/h2-9H,10-11H2,1H3. The van der Waals surface area contributed by atoms with E-state index >= 15 is 0 Å². The van der Waals surface area contributed by atoms with Crippen molar-refractivity contribution >= 4 is 34.8 Å². The number of hydrogen-bond acceptors (Lipinski definition) is 2. The zero-order valence-electron chi connectivity index (χ0n) is 13.0. The highest BCUT2D eigenvalue weighted by Crippen LogP contribution is 2.30. The van der Waals surface area contributed by atoms with E-state index in [4.69, 9.17) is 39.5 Å². The van der Waals surface area contributed by atoms with E-state index in [9.17, 15) is 0 Å². The summed E-state index contributed by atoms with van der Waals surface area (Å²) in [7, 11) is 1.81. The minimum absolute atomic E-state index is 0.304. The van der Waals surface area contributed by atoms with Gasteiger partial charge in [0.25, 0.3) is 0 Å². The molecule has 0 N–H and O–H groups in total.